The van der Waals surface area contributed by atoms with E-state index in [-0.39, 0.29) is 5.92 Å². The standard InChI is InChI=1S/C23H30FN/c1-18(25(2)17-20-7-4-3-5-8-20)11-12-19-13-15-21(16-14-19)22-9-6-10-23(22)24/h3-5,7-8,13-16,18,22-23H,6,9-12,17H2,1-2H3. The lowest BCUT2D eigenvalue weighted by Gasteiger charge is -2.25. The second-order valence-corrected chi connectivity index (χ2v) is 7.58. The number of hydrogen-bond acceptors (Lipinski definition) is 1. The number of aryl methyl sites for hydroxylation is 1. The van der Waals surface area contributed by atoms with Crippen LogP contribution >= 0.6 is 0 Å². The third kappa shape index (κ3) is 4.92. The molecule has 1 saturated carbocycles. The predicted octanol–water partition coefficient (Wildman–Crippen LogP) is 5.75. The van der Waals surface area contributed by atoms with E-state index in [1.165, 1.54) is 16.7 Å². The summed E-state index contributed by atoms with van der Waals surface area (Å²) in [6.45, 7) is 3.28. The van der Waals surface area contributed by atoms with Crippen LogP contribution in [-0.2, 0) is 13.0 Å². The van der Waals surface area contributed by atoms with Crippen molar-refractivity contribution < 1.29 is 4.39 Å². The summed E-state index contributed by atoms with van der Waals surface area (Å²) in [7, 11) is 2.20. The Morgan fingerprint density at radius 2 is 1.72 bits per heavy atom. The van der Waals surface area contributed by atoms with Gasteiger partial charge < -0.3 is 0 Å². The molecule has 1 aliphatic carbocycles. The molecule has 2 heteroatoms. The van der Waals surface area contributed by atoms with E-state index in [2.05, 4.69) is 73.5 Å². The van der Waals surface area contributed by atoms with Gasteiger partial charge in [-0.1, -0.05) is 54.6 Å². The Kier molecular flexibility index (Phi) is 6.25. The molecule has 3 atom stereocenters. The second-order valence-electron chi connectivity index (χ2n) is 7.58. The van der Waals surface area contributed by atoms with Crippen LogP contribution in [0.4, 0.5) is 4.39 Å². The van der Waals surface area contributed by atoms with Crippen molar-refractivity contribution >= 4 is 0 Å². The Labute approximate surface area is 151 Å². The van der Waals surface area contributed by atoms with E-state index >= 15 is 0 Å². The smallest absolute Gasteiger partial charge is 0.107 e. The minimum atomic E-state index is -0.641. The maximum absolute atomic E-state index is 13.9. The number of rotatable bonds is 7. The van der Waals surface area contributed by atoms with Crippen molar-refractivity contribution in [1.82, 2.24) is 4.90 Å². The van der Waals surface area contributed by atoms with Crippen molar-refractivity contribution in [2.75, 3.05) is 7.05 Å². The quantitative estimate of drug-likeness (QED) is 0.621. The molecule has 0 saturated heterocycles. The van der Waals surface area contributed by atoms with Gasteiger partial charge >= 0.3 is 0 Å². The summed E-state index contributed by atoms with van der Waals surface area (Å²) in [5.74, 6) is 0.130. The Balaban J connectivity index is 1.49. The molecule has 134 valence electrons. The molecule has 0 heterocycles. The number of nitrogens with zero attached hydrogens (tertiary/aromatic N) is 1. The molecule has 1 fully saturated rings. The summed E-state index contributed by atoms with van der Waals surface area (Å²) in [4.78, 5) is 2.41. The van der Waals surface area contributed by atoms with Crippen LogP contribution in [0.1, 0.15) is 55.2 Å². The molecule has 0 aromatic heterocycles. The van der Waals surface area contributed by atoms with Crippen LogP contribution in [0.3, 0.4) is 0 Å². The van der Waals surface area contributed by atoms with Crippen LogP contribution in [0.25, 0.3) is 0 Å². The third-order valence-corrected chi connectivity index (χ3v) is 5.72. The van der Waals surface area contributed by atoms with Crippen molar-refractivity contribution in [3.63, 3.8) is 0 Å². The van der Waals surface area contributed by atoms with Gasteiger partial charge in [-0.25, -0.2) is 4.39 Å². The summed E-state index contributed by atoms with van der Waals surface area (Å²) in [6, 6.07) is 19.9. The first-order chi connectivity index (χ1) is 12.1. The Morgan fingerprint density at radius 3 is 2.36 bits per heavy atom. The van der Waals surface area contributed by atoms with Crippen molar-refractivity contribution in [3.05, 3.63) is 71.3 Å². The van der Waals surface area contributed by atoms with Crippen molar-refractivity contribution in [3.8, 4) is 0 Å². The molecule has 0 bridgehead atoms. The normalized spacial score (nSPS) is 21.6. The second kappa shape index (κ2) is 8.62. The van der Waals surface area contributed by atoms with E-state index in [4.69, 9.17) is 0 Å². The zero-order chi connectivity index (χ0) is 17.6. The SMILES string of the molecule is CC(CCc1ccc(C2CCCC2F)cc1)N(C)Cc1ccccc1. The summed E-state index contributed by atoms with van der Waals surface area (Å²) >= 11 is 0. The molecule has 0 aliphatic heterocycles. The lowest BCUT2D eigenvalue weighted by atomic mass is 9.94. The van der Waals surface area contributed by atoms with Gasteiger partial charge in [0.15, 0.2) is 0 Å². The van der Waals surface area contributed by atoms with E-state index < -0.39 is 6.17 Å². The highest BCUT2D eigenvalue weighted by molar-refractivity contribution is 5.27. The van der Waals surface area contributed by atoms with Gasteiger partial charge in [-0.2, -0.15) is 0 Å². The van der Waals surface area contributed by atoms with Crippen LogP contribution in [0.5, 0.6) is 0 Å². The fourth-order valence-corrected chi connectivity index (χ4v) is 3.84. The highest BCUT2D eigenvalue weighted by Gasteiger charge is 2.28. The Hall–Kier alpha value is -1.67. The van der Waals surface area contributed by atoms with Gasteiger partial charge in [-0.15, -0.1) is 0 Å². The molecule has 0 amide bonds. The molecule has 3 unspecified atom stereocenters. The lowest BCUT2D eigenvalue weighted by Crippen LogP contribution is -2.29. The first-order valence-electron chi connectivity index (χ1n) is 9.60. The fraction of sp³-hybridized carbons (Fsp3) is 0.478. The molecule has 0 radical (unpaired) electrons. The average molecular weight is 339 g/mol. The van der Waals surface area contributed by atoms with Crippen LogP contribution in [0, 0.1) is 0 Å². The molecule has 2 aromatic rings. The van der Waals surface area contributed by atoms with E-state index in [9.17, 15) is 4.39 Å². The molecule has 0 N–H and O–H groups in total. The van der Waals surface area contributed by atoms with Gasteiger partial charge in [0.25, 0.3) is 0 Å². The van der Waals surface area contributed by atoms with Gasteiger partial charge in [-0.3, -0.25) is 4.90 Å². The average Bonchev–Trinajstić information content (AvgIpc) is 3.07. The monoisotopic (exact) mass is 339 g/mol. The first-order valence-corrected chi connectivity index (χ1v) is 9.60. The Bertz CT molecular complexity index is 637. The summed E-state index contributed by atoms with van der Waals surface area (Å²) < 4.78 is 13.9. The number of benzene rings is 2. The molecule has 2 aromatic carbocycles. The third-order valence-electron chi connectivity index (χ3n) is 5.72. The maximum atomic E-state index is 13.9. The highest BCUT2D eigenvalue weighted by atomic mass is 19.1. The van der Waals surface area contributed by atoms with Crippen molar-refractivity contribution in [2.24, 2.45) is 0 Å². The number of hydrogen-bond donors (Lipinski definition) is 0. The van der Waals surface area contributed by atoms with Gasteiger partial charge in [-0.05, 0) is 62.8 Å². The molecular formula is C23H30FN. The van der Waals surface area contributed by atoms with Crippen molar-refractivity contribution in [1.29, 1.82) is 0 Å². The van der Waals surface area contributed by atoms with Crippen LogP contribution < -0.4 is 0 Å². The predicted molar refractivity (Wildman–Crippen MR) is 104 cm³/mol. The summed E-state index contributed by atoms with van der Waals surface area (Å²) in [5, 5.41) is 0. The summed E-state index contributed by atoms with van der Waals surface area (Å²) in [5.41, 5.74) is 3.90. The molecule has 1 aliphatic rings. The van der Waals surface area contributed by atoms with Gasteiger partial charge in [0, 0.05) is 18.5 Å². The highest BCUT2D eigenvalue weighted by Crippen LogP contribution is 2.36. The zero-order valence-electron chi connectivity index (χ0n) is 15.5. The van der Waals surface area contributed by atoms with Gasteiger partial charge in [0.1, 0.15) is 6.17 Å². The van der Waals surface area contributed by atoms with E-state index in [0.29, 0.717) is 6.04 Å². The molecule has 1 nitrogen and oxygen atoms in total. The molecule has 3 rings (SSSR count). The van der Waals surface area contributed by atoms with Gasteiger partial charge in [0.2, 0.25) is 0 Å². The van der Waals surface area contributed by atoms with Gasteiger partial charge in [0.05, 0.1) is 0 Å². The number of alkyl halides is 1. The van der Waals surface area contributed by atoms with Crippen LogP contribution in [0.2, 0.25) is 0 Å². The van der Waals surface area contributed by atoms with E-state index in [1.807, 2.05) is 0 Å². The largest absolute Gasteiger partial charge is 0.299 e. The van der Waals surface area contributed by atoms with Crippen molar-refractivity contribution in [2.45, 2.75) is 63.7 Å². The first kappa shape index (κ1) is 18.1. The molecule has 25 heavy (non-hydrogen) atoms. The van der Waals surface area contributed by atoms with Crippen LogP contribution in [0.15, 0.2) is 54.6 Å². The molecular weight excluding hydrogens is 309 g/mol. The fourth-order valence-electron chi connectivity index (χ4n) is 3.84. The topological polar surface area (TPSA) is 3.24 Å². The Morgan fingerprint density at radius 1 is 1.00 bits per heavy atom. The molecule has 0 spiro atoms. The summed E-state index contributed by atoms with van der Waals surface area (Å²) in [6.07, 6.45) is 4.33. The maximum Gasteiger partial charge on any atom is 0.107 e. The minimum Gasteiger partial charge on any atom is -0.299 e. The van der Waals surface area contributed by atoms with E-state index in [0.717, 1.165) is 38.6 Å². The van der Waals surface area contributed by atoms with Crippen LogP contribution in [-0.4, -0.2) is 24.2 Å². The zero-order valence-corrected chi connectivity index (χ0v) is 15.5. The number of halogens is 1. The minimum absolute atomic E-state index is 0.130. The van der Waals surface area contributed by atoms with E-state index in [1.54, 1.807) is 0 Å². The lowest BCUT2D eigenvalue weighted by molar-refractivity contribution is 0.238.